The van der Waals surface area contributed by atoms with E-state index < -0.39 is 5.82 Å². The first-order valence-corrected chi connectivity index (χ1v) is 11.6. The molecule has 4 nitrogen and oxygen atoms in total. The van der Waals surface area contributed by atoms with Crippen molar-refractivity contribution in [1.82, 2.24) is 14.9 Å². The number of nitrogens with zero attached hydrogens (tertiary/aromatic N) is 3. The maximum absolute atomic E-state index is 13.8. The van der Waals surface area contributed by atoms with Gasteiger partial charge in [-0.3, -0.25) is 4.98 Å². The van der Waals surface area contributed by atoms with Crippen LogP contribution in [0.2, 0.25) is 5.02 Å². The van der Waals surface area contributed by atoms with Crippen LogP contribution in [0.3, 0.4) is 0 Å². The van der Waals surface area contributed by atoms with Gasteiger partial charge in [-0.2, -0.15) is 0 Å². The lowest BCUT2D eigenvalue weighted by molar-refractivity contribution is 0.549. The molecule has 0 spiro atoms. The number of hydrogen-bond acceptors (Lipinski definition) is 2. The van der Waals surface area contributed by atoms with Crippen LogP contribution < -0.4 is 10.2 Å². The summed E-state index contributed by atoms with van der Waals surface area (Å²) in [6, 6.07) is 22.7. The van der Waals surface area contributed by atoms with Gasteiger partial charge in [0, 0.05) is 29.5 Å². The molecule has 5 rings (SSSR count). The Morgan fingerprint density at radius 3 is 2.52 bits per heavy atom. The average molecular weight is 477 g/mol. The van der Waals surface area contributed by atoms with E-state index in [1.165, 1.54) is 11.6 Å². The van der Waals surface area contributed by atoms with Crippen molar-refractivity contribution in [2.45, 2.75) is 25.4 Å². The molecule has 0 radical (unpaired) electrons. The zero-order valence-electron chi connectivity index (χ0n) is 18.0. The van der Waals surface area contributed by atoms with E-state index in [-0.39, 0.29) is 17.1 Å². The highest BCUT2D eigenvalue weighted by Crippen LogP contribution is 2.42. The molecule has 0 amide bonds. The molecule has 1 N–H and O–H groups in total. The number of aromatic nitrogens is 2. The van der Waals surface area contributed by atoms with Gasteiger partial charge in [0.2, 0.25) is 0 Å². The number of pyridine rings is 1. The van der Waals surface area contributed by atoms with Crippen LogP contribution in [0.15, 0.2) is 85.2 Å². The van der Waals surface area contributed by atoms with Gasteiger partial charge in [0.1, 0.15) is 11.9 Å². The van der Waals surface area contributed by atoms with Gasteiger partial charge in [-0.1, -0.05) is 36.7 Å². The normalized spacial score (nSPS) is 17.9. The molecule has 0 saturated carbocycles. The molecule has 0 aliphatic carbocycles. The number of anilines is 1. The highest BCUT2D eigenvalue weighted by atomic mass is 35.5. The van der Waals surface area contributed by atoms with Crippen molar-refractivity contribution in [1.29, 1.82) is 0 Å². The average Bonchev–Trinajstić information content (AvgIpc) is 3.46. The van der Waals surface area contributed by atoms with Gasteiger partial charge in [-0.25, -0.2) is 4.39 Å². The first-order chi connectivity index (χ1) is 16.1. The third-order valence-electron chi connectivity index (χ3n) is 5.99. The Kier molecular flexibility index (Phi) is 5.87. The van der Waals surface area contributed by atoms with Crippen LogP contribution >= 0.6 is 23.8 Å². The molecule has 1 aliphatic rings. The number of halogens is 2. The van der Waals surface area contributed by atoms with E-state index in [4.69, 9.17) is 23.8 Å². The van der Waals surface area contributed by atoms with E-state index in [0.29, 0.717) is 5.11 Å². The molecule has 2 atom stereocenters. The molecule has 33 heavy (non-hydrogen) atoms. The number of hydrogen-bond donors (Lipinski definition) is 1. The first-order valence-electron chi connectivity index (χ1n) is 10.8. The van der Waals surface area contributed by atoms with E-state index >= 15 is 0 Å². The highest BCUT2D eigenvalue weighted by molar-refractivity contribution is 7.80. The maximum Gasteiger partial charge on any atom is 0.174 e. The lowest BCUT2D eigenvalue weighted by Crippen LogP contribution is -2.30. The quantitative estimate of drug-likeness (QED) is 0.338. The fourth-order valence-corrected chi connectivity index (χ4v) is 4.85. The van der Waals surface area contributed by atoms with E-state index in [2.05, 4.69) is 52.5 Å². The summed E-state index contributed by atoms with van der Waals surface area (Å²) in [4.78, 5) is 6.74. The van der Waals surface area contributed by atoms with Crippen LogP contribution in [0.1, 0.15) is 36.0 Å². The zero-order valence-corrected chi connectivity index (χ0v) is 19.5. The number of rotatable bonds is 5. The van der Waals surface area contributed by atoms with E-state index in [0.717, 1.165) is 29.2 Å². The Labute approximate surface area is 202 Å². The van der Waals surface area contributed by atoms with Gasteiger partial charge in [-0.05, 0) is 78.8 Å². The summed E-state index contributed by atoms with van der Waals surface area (Å²) in [5, 5.41) is 4.19. The third kappa shape index (κ3) is 4.01. The fraction of sp³-hybridized carbons (Fsp3) is 0.154. The minimum Gasteiger partial charge on any atom is -0.351 e. The van der Waals surface area contributed by atoms with Crippen LogP contribution in [0.25, 0.3) is 5.69 Å². The Hall–Kier alpha value is -3.22. The summed E-state index contributed by atoms with van der Waals surface area (Å²) in [7, 11) is 0. The summed E-state index contributed by atoms with van der Waals surface area (Å²) >= 11 is 11.9. The Morgan fingerprint density at radius 1 is 1.03 bits per heavy atom. The number of aryl methyl sites for hydroxylation is 1. The number of nitrogens with one attached hydrogen (secondary N) is 1. The molecule has 1 saturated heterocycles. The number of benzene rings is 2. The van der Waals surface area contributed by atoms with Gasteiger partial charge in [-0.15, -0.1) is 0 Å². The van der Waals surface area contributed by atoms with E-state index in [1.807, 2.05) is 35.0 Å². The molecular formula is C26H22ClFN4S. The maximum atomic E-state index is 13.8. The summed E-state index contributed by atoms with van der Waals surface area (Å²) in [5.74, 6) is -0.443. The monoisotopic (exact) mass is 476 g/mol. The molecule has 0 unspecified atom stereocenters. The SMILES string of the molecule is CCc1ccc(N2C(=S)N[C@H](c3ccccn3)[C@H]2c2cccn2-c2ccc(F)c(Cl)c2)cc1. The van der Waals surface area contributed by atoms with E-state index in [9.17, 15) is 4.39 Å². The second kappa shape index (κ2) is 8.96. The Bertz CT molecular complexity index is 1290. The minimum atomic E-state index is -0.443. The molecular weight excluding hydrogens is 455 g/mol. The molecule has 2 aromatic carbocycles. The van der Waals surface area contributed by atoms with Gasteiger partial charge in [0.15, 0.2) is 5.11 Å². The Morgan fingerprint density at radius 2 is 1.82 bits per heavy atom. The van der Waals surface area contributed by atoms with Crippen LogP contribution in [-0.4, -0.2) is 14.7 Å². The van der Waals surface area contributed by atoms with Crippen molar-refractivity contribution in [2.75, 3.05) is 4.90 Å². The zero-order chi connectivity index (χ0) is 22.9. The molecule has 1 fully saturated rings. The van der Waals surface area contributed by atoms with Crippen LogP contribution in [0, 0.1) is 5.82 Å². The summed E-state index contributed by atoms with van der Waals surface area (Å²) < 4.78 is 15.9. The van der Waals surface area contributed by atoms with Crippen LogP contribution in [0.4, 0.5) is 10.1 Å². The van der Waals surface area contributed by atoms with Crippen molar-refractivity contribution in [3.8, 4) is 5.69 Å². The molecule has 4 aromatic rings. The van der Waals surface area contributed by atoms with Crippen molar-refractivity contribution in [3.63, 3.8) is 0 Å². The van der Waals surface area contributed by atoms with Crippen LogP contribution in [0.5, 0.6) is 0 Å². The van der Waals surface area contributed by atoms with Gasteiger partial charge >= 0.3 is 0 Å². The molecule has 1 aliphatic heterocycles. The van der Waals surface area contributed by atoms with Crippen molar-refractivity contribution in [2.24, 2.45) is 0 Å². The summed E-state index contributed by atoms with van der Waals surface area (Å²) in [6.07, 6.45) is 4.71. The van der Waals surface area contributed by atoms with Gasteiger partial charge < -0.3 is 14.8 Å². The van der Waals surface area contributed by atoms with Crippen molar-refractivity contribution < 1.29 is 4.39 Å². The summed E-state index contributed by atoms with van der Waals surface area (Å²) in [5.41, 5.74) is 4.92. The lowest BCUT2D eigenvalue weighted by Gasteiger charge is -2.29. The molecule has 166 valence electrons. The fourth-order valence-electron chi connectivity index (χ4n) is 4.33. The van der Waals surface area contributed by atoms with Crippen molar-refractivity contribution >= 4 is 34.6 Å². The molecule has 7 heteroatoms. The predicted molar refractivity (Wildman–Crippen MR) is 134 cm³/mol. The first kappa shape index (κ1) is 21.6. The smallest absolute Gasteiger partial charge is 0.174 e. The van der Waals surface area contributed by atoms with Gasteiger partial charge in [0.05, 0.1) is 16.8 Å². The predicted octanol–water partition coefficient (Wildman–Crippen LogP) is 6.40. The second-order valence-electron chi connectivity index (χ2n) is 7.92. The Balaban J connectivity index is 1.65. The second-order valence-corrected chi connectivity index (χ2v) is 8.71. The van der Waals surface area contributed by atoms with Gasteiger partial charge in [0.25, 0.3) is 0 Å². The highest BCUT2D eigenvalue weighted by Gasteiger charge is 2.42. The molecule has 3 heterocycles. The minimum absolute atomic E-state index is 0.0838. The summed E-state index contributed by atoms with van der Waals surface area (Å²) in [6.45, 7) is 2.14. The van der Waals surface area contributed by atoms with Crippen LogP contribution in [-0.2, 0) is 6.42 Å². The number of thiocarbonyl (C=S) groups is 1. The lowest BCUT2D eigenvalue weighted by atomic mass is 10.0. The standard InChI is InChI=1S/C26H22ClFN4S/c1-2-17-8-10-18(11-9-17)32-25(24(30-26(32)33)22-6-3-4-14-29-22)23-7-5-15-31(23)19-12-13-21(28)20(27)16-19/h3-16,24-25H,2H2,1H3,(H,30,33)/t24-,25-/m1/s1. The largest absolute Gasteiger partial charge is 0.351 e. The third-order valence-corrected chi connectivity index (χ3v) is 6.59. The molecule has 0 bridgehead atoms. The van der Waals surface area contributed by atoms with Crippen molar-refractivity contribution in [3.05, 3.63) is 113 Å². The van der Waals surface area contributed by atoms with E-state index in [1.54, 1.807) is 18.3 Å². The topological polar surface area (TPSA) is 33.1 Å². The molecule has 2 aromatic heterocycles.